The third-order valence-electron chi connectivity index (χ3n) is 2.66. The van der Waals surface area contributed by atoms with E-state index >= 15 is 0 Å². The number of hydrogen-bond acceptors (Lipinski definition) is 4. The number of thiophene rings is 1. The molecule has 2 N–H and O–H groups in total. The molecule has 1 heterocycles. The maximum Gasteiger partial charge on any atom is 0.161 e. The summed E-state index contributed by atoms with van der Waals surface area (Å²) < 4.78 is 11.1. The van der Waals surface area contributed by atoms with E-state index in [0.29, 0.717) is 6.61 Å². The monoisotopic (exact) mass is 263 g/mol. The molecule has 0 aliphatic rings. The van der Waals surface area contributed by atoms with Gasteiger partial charge in [0.15, 0.2) is 11.5 Å². The summed E-state index contributed by atoms with van der Waals surface area (Å²) in [5.41, 5.74) is 6.88. The zero-order valence-electron chi connectivity index (χ0n) is 10.6. The molecule has 0 spiro atoms. The van der Waals surface area contributed by atoms with Crippen LogP contribution in [-0.2, 0) is 6.61 Å². The van der Waals surface area contributed by atoms with Gasteiger partial charge in [-0.15, -0.1) is 11.3 Å². The Hall–Kier alpha value is -1.52. The Morgan fingerprint density at radius 2 is 2.11 bits per heavy atom. The van der Waals surface area contributed by atoms with Gasteiger partial charge < -0.3 is 15.2 Å². The molecule has 0 unspecified atom stereocenters. The van der Waals surface area contributed by atoms with Crippen LogP contribution in [0.2, 0.25) is 0 Å². The summed E-state index contributed by atoms with van der Waals surface area (Å²) in [6.45, 7) is 2.51. The van der Waals surface area contributed by atoms with Crippen molar-refractivity contribution in [1.82, 2.24) is 0 Å². The molecule has 1 atom stereocenters. The highest BCUT2D eigenvalue weighted by Gasteiger charge is 2.08. The topological polar surface area (TPSA) is 44.5 Å². The summed E-state index contributed by atoms with van der Waals surface area (Å²) >= 11 is 1.68. The van der Waals surface area contributed by atoms with Crippen LogP contribution in [0.4, 0.5) is 0 Å². The number of methoxy groups -OCH3 is 1. The molecule has 0 aliphatic heterocycles. The molecule has 2 rings (SSSR count). The Balaban J connectivity index is 2.12. The van der Waals surface area contributed by atoms with E-state index < -0.39 is 0 Å². The first-order valence-corrected chi connectivity index (χ1v) is 6.67. The van der Waals surface area contributed by atoms with Crippen LogP contribution < -0.4 is 15.2 Å². The van der Waals surface area contributed by atoms with Gasteiger partial charge in [-0.1, -0.05) is 12.1 Å². The fourth-order valence-corrected chi connectivity index (χ4v) is 2.25. The normalized spacial score (nSPS) is 12.2. The third-order valence-corrected chi connectivity index (χ3v) is 3.51. The SMILES string of the molecule is COc1cc([C@H](C)N)ccc1OCc1cccs1. The molecule has 4 heteroatoms. The molecule has 3 nitrogen and oxygen atoms in total. The van der Waals surface area contributed by atoms with Crippen LogP contribution in [0.25, 0.3) is 0 Å². The Morgan fingerprint density at radius 3 is 2.72 bits per heavy atom. The highest BCUT2D eigenvalue weighted by Crippen LogP contribution is 2.30. The molecule has 18 heavy (non-hydrogen) atoms. The second-order valence-corrected chi connectivity index (χ2v) is 5.10. The molecular weight excluding hydrogens is 246 g/mol. The first-order valence-electron chi connectivity index (χ1n) is 5.79. The molecule has 1 aromatic carbocycles. The van der Waals surface area contributed by atoms with Crippen molar-refractivity contribution in [2.75, 3.05) is 7.11 Å². The van der Waals surface area contributed by atoms with Crippen LogP contribution >= 0.6 is 11.3 Å². The lowest BCUT2D eigenvalue weighted by Gasteiger charge is -2.13. The van der Waals surface area contributed by atoms with E-state index in [1.807, 2.05) is 42.6 Å². The molecule has 2 aromatic rings. The van der Waals surface area contributed by atoms with E-state index in [1.54, 1.807) is 18.4 Å². The number of ether oxygens (including phenoxy) is 2. The number of hydrogen-bond donors (Lipinski definition) is 1. The lowest BCUT2D eigenvalue weighted by atomic mass is 10.1. The molecule has 1 aromatic heterocycles. The van der Waals surface area contributed by atoms with Gasteiger partial charge >= 0.3 is 0 Å². The van der Waals surface area contributed by atoms with Gasteiger partial charge in [-0.25, -0.2) is 0 Å². The van der Waals surface area contributed by atoms with Crippen LogP contribution in [0.5, 0.6) is 11.5 Å². The highest BCUT2D eigenvalue weighted by atomic mass is 32.1. The van der Waals surface area contributed by atoms with E-state index in [-0.39, 0.29) is 6.04 Å². The summed E-state index contributed by atoms with van der Waals surface area (Å²) in [6, 6.07) is 9.86. The lowest BCUT2D eigenvalue weighted by Crippen LogP contribution is -2.05. The fourth-order valence-electron chi connectivity index (χ4n) is 1.63. The van der Waals surface area contributed by atoms with Gasteiger partial charge in [-0.3, -0.25) is 0 Å². The quantitative estimate of drug-likeness (QED) is 0.899. The standard InChI is InChI=1S/C14H17NO2S/c1-10(15)11-5-6-13(14(8-11)16-2)17-9-12-4-3-7-18-12/h3-8,10H,9,15H2,1-2H3/t10-/m0/s1. The van der Waals surface area contributed by atoms with Crippen molar-refractivity contribution in [2.24, 2.45) is 5.73 Å². The van der Waals surface area contributed by atoms with E-state index in [4.69, 9.17) is 15.2 Å². The van der Waals surface area contributed by atoms with Crippen molar-refractivity contribution in [2.45, 2.75) is 19.6 Å². The van der Waals surface area contributed by atoms with E-state index in [1.165, 1.54) is 4.88 Å². The zero-order valence-corrected chi connectivity index (χ0v) is 11.4. The van der Waals surface area contributed by atoms with Crippen molar-refractivity contribution >= 4 is 11.3 Å². The molecule has 96 valence electrons. The smallest absolute Gasteiger partial charge is 0.161 e. The van der Waals surface area contributed by atoms with Crippen LogP contribution in [0.1, 0.15) is 23.4 Å². The minimum atomic E-state index is -0.00903. The van der Waals surface area contributed by atoms with Gasteiger partial charge in [0.25, 0.3) is 0 Å². The maximum absolute atomic E-state index is 5.84. The van der Waals surface area contributed by atoms with Gasteiger partial charge in [0, 0.05) is 10.9 Å². The van der Waals surface area contributed by atoms with Crippen molar-refractivity contribution in [3.63, 3.8) is 0 Å². The highest BCUT2D eigenvalue weighted by molar-refractivity contribution is 7.09. The minimum absolute atomic E-state index is 0.00903. The summed E-state index contributed by atoms with van der Waals surface area (Å²) in [7, 11) is 1.64. The van der Waals surface area contributed by atoms with E-state index in [2.05, 4.69) is 0 Å². The number of rotatable bonds is 5. The Morgan fingerprint density at radius 1 is 1.28 bits per heavy atom. The molecule has 0 saturated carbocycles. The Kier molecular flexibility index (Phi) is 4.23. The number of nitrogens with two attached hydrogens (primary N) is 1. The van der Waals surface area contributed by atoms with Crippen molar-refractivity contribution in [3.8, 4) is 11.5 Å². The van der Waals surface area contributed by atoms with Gasteiger partial charge in [0.2, 0.25) is 0 Å². The summed E-state index contributed by atoms with van der Waals surface area (Å²) in [5, 5.41) is 2.04. The molecule has 0 aliphatic carbocycles. The molecule has 0 saturated heterocycles. The van der Waals surface area contributed by atoms with Crippen molar-refractivity contribution < 1.29 is 9.47 Å². The van der Waals surface area contributed by atoms with Crippen LogP contribution in [0.3, 0.4) is 0 Å². The molecule has 0 radical (unpaired) electrons. The van der Waals surface area contributed by atoms with Crippen LogP contribution in [-0.4, -0.2) is 7.11 Å². The molecule has 0 fully saturated rings. The second kappa shape index (κ2) is 5.89. The van der Waals surface area contributed by atoms with Gasteiger partial charge in [-0.05, 0) is 36.1 Å². The summed E-state index contributed by atoms with van der Waals surface area (Å²) in [6.07, 6.45) is 0. The summed E-state index contributed by atoms with van der Waals surface area (Å²) in [5.74, 6) is 1.47. The van der Waals surface area contributed by atoms with Crippen LogP contribution in [0, 0.1) is 0 Å². The average Bonchev–Trinajstić information content (AvgIpc) is 2.89. The van der Waals surface area contributed by atoms with E-state index in [9.17, 15) is 0 Å². The Labute approximate surface area is 111 Å². The molecule has 0 bridgehead atoms. The number of benzene rings is 1. The maximum atomic E-state index is 5.84. The minimum Gasteiger partial charge on any atom is -0.493 e. The first-order chi connectivity index (χ1) is 8.70. The second-order valence-electron chi connectivity index (χ2n) is 4.07. The van der Waals surface area contributed by atoms with Gasteiger partial charge in [0.05, 0.1) is 7.11 Å². The lowest BCUT2D eigenvalue weighted by molar-refractivity contribution is 0.287. The predicted molar refractivity (Wildman–Crippen MR) is 74.2 cm³/mol. The van der Waals surface area contributed by atoms with Crippen molar-refractivity contribution in [1.29, 1.82) is 0 Å². The zero-order chi connectivity index (χ0) is 13.0. The van der Waals surface area contributed by atoms with Gasteiger partial charge in [0.1, 0.15) is 6.61 Å². The molecule has 0 amide bonds. The first kappa shape index (κ1) is 12.9. The third kappa shape index (κ3) is 3.03. The fraction of sp³-hybridized carbons (Fsp3) is 0.286. The largest absolute Gasteiger partial charge is 0.493 e. The Bertz CT molecular complexity index is 495. The molecular formula is C14H17NO2S. The average molecular weight is 263 g/mol. The van der Waals surface area contributed by atoms with Gasteiger partial charge in [-0.2, -0.15) is 0 Å². The van der Waals surface area contributed by atoms with Crippen molar-refractivity contribution in [3.05, 3.63) is 46.2 Å². The summed E-state index contributed by atoms with van der Waals surface area (Å²) in [4.78, 5) is 1.19. The van der Waals surface area contributed by atoms with Crippen LogP contribution in [0.15, 0.2) is 35.7 Å². The van der Waals surface area contributed by atoms with E-state index in [0.717, 1.165) is 17.1 Å². The predicted octanol–water partition coefficient (Wildman–Crippen LogP) is 3.36.